The fraction of sp³-hybridized carbons (Fsp3) is 0.667. The first-order valence-electron chi connectivity index (χ1n) is 8.33. The molecule has 3 heteroatoms. The van der Waals surface area contributed by atoms with Gasteiger partial charge in [0.05, 0.1) is 13.2 Å². The third-order valence-electron chi connectivity index (χ3n) is 4.33. The Morgan fingerprint density at radius 1 is 1.14 bits per heavy atom. The van der Waals surface area contributed by atoms with Gasteiger partial charge in [-0.1, -0.05) is 37.6 Å². The van der Waals surface area contributed by atoms with Crippen molar-refractivity contribution in [3.05, 3.63) is 35.4 Å². The van der Waals surface area contributed by atoms with Gasteiger partial charge < -0.3 is 15.0 Å². The molecule has 118 valence electrons. The van der Waals surface area contributed by atoms with Crippen molar-refractivity contribution in [2.24, 2.45) is 0 Å². The average molecular weight is 290 g/mol. The summed E-state index contributed by atoms with van der Waals surface area (Å²) in [4.78, 5) is 2.52. The van der Waals surface area contributed by atoms with Gasteiger partial charge >= 0.3 is 0 Å². The van der Waals surface area contributed by atoms with E-state index < -0.39 is 0 Å². The summed E-state index contributed by atoms with van der Waals surface area (Å²) in [6.07, 6.45) is 4.11. The SMILES string of the molecule is CNCC(C)c1ccc(COCCN2CCCCC2)cc1. The maximum atomic E-state index is 5.82. The molecule has 1 atom stereocenters. The van der Waals surface area contributed by atoms with E-state index in [0.717, 1.165) is 26.3 Å². The topological polar surface area (TPSA) is 24.5 Å². The molecule has 1 aromatic carbocycles. The number of ether oxygens (including phenoxy) is 1. The Hall–Kier alpha value is -0.900. The Morgan fingerprint density at radius 2 is 1.86 bits per heavy atom. The number of rotatable bonds is 8. The number of likely N-dealkylation sites (N-methyl/N-ethyl adjacent to an activating group) is 1. The smallest absolute Gasteiger partial charge is 0.0717 e. The monoisotopic (exact) mass is 290 g/mol. The number of benzene rings is 1. The standard InChI is InChI=1S/C18H30N2O/c1-16(14-19-2)18-8-6-17(7-9-18)15-21-13-12-20-10-4-3-5-11-20/h6-9,16,19H,3-5,10-15H2,1-2H3. The third-order valence-corrected chi connectivity index (χ3v) is 4.33. The normalized spacial score (nSPS) is 17.8. The maximum absolute atomic E-state index is 5.82. The van der Waals surface area contributed by atoms with E-state index in [1.807, 2.05) is 7.05 Å². The molecule has 0 aromatic heterocycles. The second-order valence-corrected chi connectivity index (χ2v) is 6.16. The molecule has 0 amide bonds. The number of hydrogen-bond donors (Lipinski definition) is 1. The Kier molecular flexibility index (Phi) is 7.20. The van der Waals surface area contributed by atoms with Crippen LogP contribution >= 0.6 is 0 Å². The van der Waals surface area contributed by atoms with Crippen LogP contribution in [-0.2, 0) is 11.3 Å². The van der Waals surface area contributed by atoms with Gasteiger partial charge in [0, 0.05) is 13.1 Å². The second-order valence-electron chi connectivity index (χ2n) is 6.16. The van der Waals surface area contributed by atoms with Crippen molar-refractivity contribution in [1.29, 1.82) is 0 Å². The van der Waals surface area contributed by atoms with Crippen molar-refractivity contribution in [2.75, 3.05) is 39.8 Å². The van der Waals surface area contributed by atoms with E-state index in [-0.39, 0.29) is 0 Å². The summed E-state index contributed by atoms with van der Waals surface area (Å²) in [5.41, 5.74) is 2.66. The molecule has 21 heavy (non-hydrogen) atoms. The number of hydrogen-bond acceptors (Lipinski definition) is 3. The summed E-state index contributed by atoms with van der Waals surface area (Å²) in [7, 11) is 2.00. The average Bonchev–Trinajstić information content (AvgIpc) is 2.53. The highest BCUT2D eigenvalue weighted by molar-refractivity contribution is 5.24. The predicted molar refractivity (Wildman–Crippen MR) is 88.7 cm³/mol. The van der Waals surface area contributed by atoms with Crippen LogP contribution in [0.15, 0.2) is 24.3 Å². The Bertz CT molecular complexity index is 385. The van der Waals surface area contributed by atoms with E-state index in [1.54, 1.807) is 0 Å². The van der Waals surface area contributed by atoms with Gasteiger partial charge in [0.25, 0.3) is 0 Å². The van der Waals surface area contributed by atoms with Gasteiger partial charge in [0.15, 0.2) is 0 Å². The van der Waals surface area contributed by atoms with E-state index >= 15 is 0 Å². The fourth-order valence-corrected chi connectivity index (χ4v) is 2.93. The van der Waals surface area contributed by atoms with Gasteiger partial charge in [0.1, 0.15) is 0 Å². The first-order valence-corrected chi connectivity index (χ1v) is 8.33. The lowest BCUT2D eigenvalue weighted by Gasteiger charge is -2.26. The zero-order valence-corrected chi connectivity index (χ0v) is 13.6. The van der Waals surface area contributed by atoms with Crippen LogP contribution in [0.1, 0.15) is 43.2 Å². The maximum Gasteiger partial charge on any atom is 0.0717 e. The van der Waals surface area contributed by atoms with Crippen molar-refractivity contribution < 1.29 is 4.74 Å². The highest BCUT2D eigenvalue weighted by atomic mass is 16.5. The minimum absolute atomic E-state index is 0.559. The predicted octanol–water partition coefficient (Wildman–Crippen LogP) is 3.01. The molecule has 1 saturated heterocycles. The molecule has 3 nitrogen and oxygen atoms in total. The van der Waals surface area contributed by atoms with Crippen molar-refractivity contribution in [1.82, 2.24) is 10.2 Å². The molecule has 1 aliphatic heterocycles. The van der Waals surface area contributed by atoms with E-state index in [0.29, 0.717) is 5.92 Å². The third kappa shape index (κ3) is 5.77. The van der Waals surface area contributed by atoms with E-state index in [1.165, 1.54) is 43.5 Å². The van der Waals surface area contributed by atoms with E-state index in [9.17, 15) is 0 Å². The zero-order chi connectivity index (χ0) is 14.9. The number of nitrogens with one attached hydrogen (secondary N) is 1. The summed E-state index contributed by atoms with van der Waals surface area (Å²) in [5, 5.41) is 3.22. The molecule has 1 N–H and O–H groups in total. The van der Waals surface area contributed by atoms with Crippen LogP contribution < -0.4 is 5.32 Å². The van der Waals surface area contributed by atoms with Crippen molar-refractivity contribution in [2.45, 2.75) is 38.7 Å². The largest absolute Gasteiger partial charge is 0.375 e. The molecule has 0 radical (unpaired) electrons. The Balaban J connectivity index is 1.66. The van der Waals surface area contributed by atoms with E-state index in [2.05, 4.69) is 41.4 Å². The lowest BCUT2D eigenvalue weighted by molar-refractivity contribution is 0.0863. The molecule has 1 aliphatic rings. The van der Waals surface area contributed by atoms with Gasteiger partial charge in [-0.2, -0.15) is 0 Å². The summed E-state index contributed by atoms with van der Waals surface area (Å²) >= 11 is 0. The van der Waals surface area contributed by atoms with Gasteiger partial charge in [-0.15, -0.1) is 0 Å². The fourth-order valence-electron chi connectivity index (χ4n) is 2.93. The van der Waals surface area contributed by atoms with Gasteiger partial charge in [-0.25, -0.2) is 0 Å². The number of likely N-dealkylation sites (tertiary alicyclic amines) is 1. The van der Waals surface area contributed by atoms with Crippen LogP contribution in [0.25, 0.3) is 0 Å². The Morgan fingerprint density at radius 3 is 2.52 bits per heavy atom. The molecule has 1 heterocycles. The summed E-state index contributed by atoms with van der Waals surface area (Å²) in [6, 6.07) is 8.85. The Labute approximate surface area is 129 Å². The van der Waals surface area contributed by atoms with Crippen molar-refractivity contribution in [3.63, 3.8) is 0 Å². The number of nitrogens with zero attached hydrogens (tertiary/aromatic N) is 1. The summed E-state index contributed by atoms with van der Waals surface area (Å²) in [6.45, 7) is 8.43. The lowest BCUT2D eigenvalue weighted by Crippen LogP contribution is -2.32. The molecule has 1 fully saturated rings. The lowest BCUT2D eigenvalue weighted by atomic mass is 10.00. The molecular formula is C18H30N2O. The van der Waals surface area contributed by atoms with Crippen molar-refractivity contribution >= 4 is 0 Å². The molecule has 0 spiro atoms. The van der Waals surface area contributed by atoms with Crippen LogP contribution in [0.3, 0.4) is 0 Å². The minimum Gasteiger partial charge on any atom is -0.375 e. The quantitative estimate of drug-likeness (QED) is 0.745. The molecule has 1 aromatic rings. The first-order chi connectivity index (χ1) is 10.3. The van der Waals surface area contributed by atoms with Crippen molar-refractivity contribution in [3.8, 4) is 0 Å². The van der Waals surface area contributed by atoms with Crippen LogP contribution in [0.4, 0.5) is 0 Å². The second kappa shape index (κ2) is 9.19. The highest BCUT2D eigenvalue weighted by Crippen LogP contribution is 2.15. The van der Waals surface area contributed by atoms with Crippen LogP contribution in [0.5, 0.6) is 0 Å². The molecule has 0 aliphatic carbocycles. The van der Waals surface area contributed by atoms with Gasteiger partial charge in [-0.05, 0) is 50.0 Å². The van der Waals surface area contributed by atoms with Gasteiger partial charge in [-0.3, -0.25) is 0 Å². The van der Waals surface area contributed by atoms with Crippen LogP contribution in [0.2, 0.25) is 0 Å². The molecule has 2 rings (SSSR count). The molecular weight excluding hydrogens is 260 g/mol. The zero-order valence-electron chi connectivity index (χ0n) is 13.6. The van der Waals surface area contributed by atoms with Crippen LogP contribution in [0, 0.1) is 0 Å². The molecule has 1 unspecified atom stereocenters. The first kappa shape index (κ1) is 16.5. The molecule has 0 bridgehead atoms. The minimum atomic E-state index is 0.559. The highest BCUT2D eigenvalue weighted by Gasteiger charge is 2.09. The summed E-state index contributed by atoms with van der Waals surface area (Å²) < 4.78 is 5.82. The molecule has 0 saturated carbocycles. The van der Waals surface area contributed by atoms with E-state index in [4.69, 9.17) is 4.74 Å². The van der Waals surface area contributed by atoms with Crippen LogP contribution in [-0.4, -0.2) is 44.7 Å². The number of piperidine rings is 1. The summed E-state index contributed by atoms with van der Waals surface area (Å²) in [5.74, 6) is 0.559. The van der Waals surface area contributed by atoms with Gasteiger partial charge in [0.2, 0.25) is 0 Å².